The van der Waals surface area contributed by atoms with Gasteiger partial charge in [-0.1, -0.05) is 48.8 Å². The van der Waals surface area contributed by atoms with Gasteiger partial charge in [0.15, 0.2) is 11.8 Å². The van der Waals surface area contributed by atoms with Gasteiger partial charge in [0.25, 0.3) is 0 Å². The van der Waals surface area contributed by atoms with E-state index in [2.05, 4.69) is 62.6 Å². The Morgan fingerprint density at radius 1 is 1.34 bits per heavy atom. The maximum atomic E-state index is 5.52. The second-order valence-corrected chi connectivity index (χ2v) is 7.46. The van der Waals surface area contributed by atoms with Gasteiger partial charge in [0.1, 0.15) is 6.10 Å². The molecule has 0 radical (unpaired) electrons. The van der Waals surface area contributed by atoms with E-state index in [9.17, 15) is 0 Å². The molecule has 0 bridgehead atoms. The van der Waals surface area contributed by atoms with E-state index < -0.39 is 0 Å². The Morgan fingerprint density at radius 2 is 2.14 bits per heavy atom. The Kier molecular flexibility index (Phi) is 7.63. The number of nitrogens with one attached hydrogen (secondary N) is 1. The molecular weight excluding hydrogens is 366 g/mol. The maximum absolute atomic E-state index is 5.52. The third-order valence-corrected chi connectivity index (χ3v) is 5.66. The molecule has 0 amide bonds. The number of guanidine groups is 1. The average Bonchev–Trinajstić information content (AvgIpc) is 3.24. The lowest BCUT2D eigenvalue weighted by Crippen LogP contribution is -2.48. The van der Waals surface area contributed by atoms with Crippen LogP contribution in [-0.4, -0.2) is 47.7 Å². The van der Waals surface area contributed by atoms with Crippen molar-refractivity contribution in [2.45, 2.75) is 52.2 Å². The maximum Gasteiger partial charge on any atom is 0.246 e. The molecule has 2 aromatic rings. The first-order chi connectivity index (χ1) is 14.2. The number of hydrogen-bond donors (Lipinski definition) is 1. The van der Waals surface area contributed by atoms with Crippen molar-refractivity contribution >= 4 is 5.96 Å². The van der Waals surface area contributed by atoms with Crippen LogP contribution in [0.5, 0.6) is 0 Å². The largest absolute Gasteiger partial charge is 0.371 e. The van der Waals surface area contributed by atoms with Gasteiger partial charge in [-0.2, -0.15) is 4.98 Å². The molecule has 1 aliphatic rings. The molecule has 1 aliphatic heterocycles. The van der Waals surface area contributed by atoms with Crippen molar-refractivity contribution in [1.29, 1.82) is 0 Å². The second-order valence-electron chi connectivity index (χ2n) is 7.46. The number of ether oxygens (including phenoxy) is 1. The average molecular weight is 400 g/mol. The zero-order chi connectivity index (χ0) is 20.6. The monoisotopic (exact) mass is 399 g/mol. The van der Waals surface area contributed by atoms with E-state index in [1.165, 1.54) is 5.56 Å². The van der Waals surface area contributed by atoms with E-state index in [-0.39, 0.29) is 6.10 Å². The van der Waals surface area contributed by atoms with Crippen LogP contribution in [0.15, 0.2) is 39.8 Å². The Labute approximate surface area is 173 Å². The highest BCUT2D eigenvalue weighted by atomic mass is 16.5. The van der Waals surface area contributed by atoms with E-state index in [1.54, 1.807) is 0 Å². The number of likely N-dealkylation sites (tertiary alicyclic amines) is 1. The summed E-state index contributed by atoms with van der Waals surface area (Å²) in [5.41, 5.74) is 1.45. The molecule has 29 heavy (non-hydrogen) atoms. The Bertz CT molecular complexity index is 777. The van der Waals surface area contributed by atoms with E-state index in [1.807, 2.05) is 20.9 Å². The first kappa shape index (κ1) is 21.3. The number of benzene rings is 1. The van der Waals surface area contributed by atoms with Gasteiger partial charge >= 0.3 is 0 Å². The highest BCUT2D eigenvalue weighted by Crippen LogP contribution is 2.34. The molecule has 1 fully saturated rings. The van der Waals surface area contributed by atoms with Crippen LogP contribution in [0.2, 0.25) is 0 Å². The zero-order valence-corrected chi connectivity index (χ0v) is 18.0. The summed E-state index contributed by atoms with van der Waals surface area (Å²) in [5.74, 6) is 3.21. The molecule has 3 atom stereocenters. The standard InChI is InChI=1S/C22H33N5O2/c1-5-17-15-27(13-12-19(17)18-10-8-7-9-11-18)22(23-4)24-14-20-25-21(26-29-20)16(3)28-6-2/h7-11,16-17,19H,5-6,12-15H2,1-4H3,(H,23,24). The number of nitrogens with zero attached hydrogens (tertiary/aromatic N) is 4. The zero-order valence-electron chi connectivity index (χ0n) is 18.0. The highest BCUT2D eigenvalue weighted by Gasteiger charge is 2.30. The van der Waals surface area contributed by atoms with Crippen LogP contribution in [-0.2, 0) is 11.3 Å². The molecule has 0 saturated carbocycles. The summed E-state index contributed by atoms with van der Waals surface area (Å²) in [7, 11) is 1.82. The molecule has 1 saturated heterocycles. The lowest BCUT2D eigenvalue weighted by atomic mass is 9.79. The van der Waals surface area contributed by atoms with Gasteiger partial charge in [0.05, 0.1) is 6.54 Å². The molecule has 1 aromatic carbocycles. The lowest BCUT2D eigenvalue weighted by Gasteiger charge is -2.40. The summed E-state index contributed by atoms with van der Waals surface area (Å²) in [6.07, 6.45) is 2.11. The first-order valence-corrected chi connectivity index (χ1v) is 10.6. The molecular formula is C22H33N5O2. The Morgan fingerprint density at radius 3 is 2.83 bits per heavy atom. The second kappa shape index (κ2) is 10.4. The van der Waals surface area contributed by atoms with Gasteiger partial charge < -0.3 is 19.5 Å². The number of aliphatic imine (C=N–C) groups is 1. The smallest absolute Gasteiger partial charge is 0.246 e. The van der Waals surface area contributed by atoms with E-state index in [0.717, 1.165) is 31.9 Å². The molecule has 1 aromatic heterocycles. The van der Waals surface area contributed by atoms with E-state index in [4.69, 9.17) is 9.26 Å². The topological polar surface area (TPSA) is 75.8 Å². The van der Waals surface area contributed by atoms with Crippen molar-refractivity contribution in [2.75, 3.05) is 26.7 Å². The first-order valence-electron chi connectivity index (χ1n) is 10.6. The van der Waals surface area contributed by atoms with Crippen LogP contribution < -0.4 is 5.32 Å². The van der Waals surface area contributed by atoms with E-state index >= 15 is 0 Å². The number of rotatable bonds is 7. The number of hydrogen-bond acceptors (Lipinski definition) is 5. The molecule has 0 aliphatic carbocycles. The highest BCUT2D eigenvalue weighted by molar-refractivity contribution is 5.79. The van der Waals surface area contributed by atoms with Gasteiger partial charge in [-0.05, 0) is 37.7 Å². The van der Waals surface area contributed by atoms with Crippen molar-refractivity contribution in [2.24, 2.45) is 10.9 Å². The van der Waals surface area contributed by atoms with Crippen LogP contribution >= 0.6 is 0 Å². The molecule has 7 nitrogen and oxygen atoms in total. The molecule has 2 heterocycles. The van der Waals surface area contributed by atoms with Crippen LogP contribution in [0.25, 0.3) is 0 Å². The fraction of sp³-hybridized carbons (Fsp3) is 0.591. The van der Waals surface area contributed by atoms with Crippen molar-refractivity contribution < 1.29 is 9.26 Å². The van der Waals surface area contributed by atoms with Crippen molar-refractivity contribution in [3.63, 3.8) is 0 Å². The van der Waals surface area contributed by atoms with Crippen LogP contribution in [0.3, 0.4) is 0 Å². The van der Waals surface area contributed by atoms with Crippen molar-refractivity contribution in [3.05, 3.63) is 47.6 Å². The third kappa shape index (κ3) is 5.35. The molecule has 7 heteroatoms. The molecule has 0 spiro atoms. The Hall–Kier alpha value is -2.41. The van der Waals surface area contributed by atoms with Gasteiger partial charge in [-0.15, -0.1) is 0 Å². The fourth-order valence-electron chi connectivity index (χ4n) is 4.09. The summed E-state index contributed by atoms with van der Waals surface area (Å²) in [6, 6.07) is 10.9. The van der Waals surface area contributed by atoms with Crippen LogP contribution in [0.1, 0.15) is 62.9 Å². The molecule has 1 N–H and O–H groups in total. The number of piperidine rings is 1. The summed E-state index contributed by atoms with van der Waals surface area (Å²) in [4.78, 5) is 11.2. The van der Waals surface area contributed by atoms with Gasteiger partial charge in [0.2, 0.25) is 5.89 Å². The van der Waals surface area contributed by atoms with Gasteiger partial charge in [-0.3, -0.25) is 4.99 Å². The predicted octanol–water partition coefficient (Wildman–Crippen LogP) is 3.76. The molecule has 3 rings (SSSR count). The third-order valence-electron chi connectivity index (χ3n) is 5.66. The van der Waals surface area contributed by atoms with Crippen molar-refractivity contribution in [3.8, 4) is 0 Å². The predicted molar refractivity (Wildman–Crippen MR) is 114 cm³/mol. The minimum atomic E-state index is -0.167. The fourth-order valence-corrected chi connectivity index (χ4v) is 4.09. The SMILES string of the molecule is CCOC(C)c1noc(CNC(=NC)N2CCC(c3ccccc3)C(CC)C2)n1. The number of aromatic nitrogens is 2. The summed E-state index contributed by atoms with van der Waals surface area (Å²) >= 11 is 0. The summed E-state index contributed by atoms with van der Waals surface area (Å²) in [6.45, 7) is 9.19. The molecule has 3 unspecified atom stereocenters. The van der Waals surface area contributed by atoms with Crippen LogP contribution in [0, 0.1) is 5.92 Å². The quantitative estimate of drug-likeness (QED) is 0.564. The van der Waals surface area contributed by atoms with Gasteiger partial charge in [0, 0.05) is 26.7 Å². The minimum Gasteiger partial charge on any atom is -0.371 e. The summed E-state index contributed by atoms with van der Waals surface area (Å²) < 4.78 is 10.9. The van der Waals surface area contributed by atoms with E-state index in [0.29, 0.717) is 36.7 Å². The van der Waals surface area contributed by atoms with Gasteiger partial charge in [-0.25, -0.2) is 0 Å². The van der Waals surface area contributed by atoms with Crippen molar-refractivity contribution in [1.82, 2.24) is 20.4 Å². The minimum absolute atomic E-state index is 0.167. The van der Waals surface area contributed by atoms with Crippen LogP contribution in [0.4, 0.5) is 0 Å². The normalized spacial score (nSPS) is 21.2. The summed E-state index contributed by atoms with van der Waals surface area (Å²) in [5, 5.41) is 7.39. The molecule has 158 valence electrons. The Balaban J connectivity index is 1.58. The lowest BCUT2D eigenvalue weighted by molar-refractivity contribution is 0.0683.